The van der Waals surface area contributed by atoms with E-state index < -0.39 is 0 Å². The summed E-state index contributed by atoms with van der Waals surface area (Å²) in [5.74, 6) is 0.729. The first-order chi connectivity index (χ1) is 10.3. The Morgan fingerprint density at radius 1 is 1.05 bits per heavy atom. The van der Waals surface area contributed by atoms with Gasteiger partial charge in [0.1, 0.15) is 5.52 Å². The standard InChI is InChI=1S/C18H15N2O.HI/c1-13-6-7-15-11-20(9-8-14(15)10-13)12-18-19-16-4-2-3-5-17(16)21-18;/h2-11H,12H2,1H3;1H/q+1;/p-1. The van der Waals surface area contributed by atoms with E-state index in [1.807, 2.05) is 24.3 Å². The van der Waals surface area contributed by atoms with Crippen molar-refractivity contribution in [1.82, 2.24) is 4.98 Å². The van der Waals surface area contributed by atoms with E-state index in [-0.39, 0.29) is 24.0 Å². The fourth-order valence-corrected chi connectivity index (χ4v) is 2.60. The minimum Gasteiger partial charge on any atom is -1.00 e. The zero-order valence-electron chi connectivity index (χ0n) is 12.2. The van der Waals surface area contributed by atoms with Gasteiger partial charge in [-0.15, -0.1) is 0 Å². The van der Waals surface area contributed by atoms with Crippen molar-refractivity contribution in [3.05, 3.63) is 72.4 Å². The summed E-state index contributed by atoms with van der Waals surface area (Å²) in [4.78, 5) is 4.51. The fraction of sp³-hybridized carbons (Fsp3) is 0.111. The molecule has 0 aliphatic rings. The second-order valence-electron chi connectivity index (χ2n) is 5.32. The van der Waals surface area contributed by atoms with Gasteiger partial charge < -0.3 is 28.4 Å². The molecule has 0 aliphatic heterocycles. The van der Waals surface area contributed by atoms with Crippen molar-refractivity contribution in [2.75, 3.05) is 0 Å². The number of fused-ring (bicyclic) bond motifs is 2. The van der Waals surface area contributed by atoms with E-state index in [1.165, 1.54) is 16.3 Å². The van der Waals surface area contributed by atoms with Crippen molar-refractivity contribution in [3.8, 4) is 0 Å². The number of aromatic nitrogens is 2. The van der Waals surface area contributed by atoms with Crippen molar-refractivity contribution in [2.24, 2.45) is 0 Å². The van der Waals surface area contributed by atoms with Gasteiger partial charge >= 0.3 is 0 Å². The molecule has 2 aromatic heterocycles. The molecular formula is C18H15IN2O. The molecule has 4 heteroatoms. The van der Waals surface area contributed by atoms with Gasteiger partial charge in [-0.3, -0.25) is 0 Å². The highest BCUT2D eigenvalue weighted by atomic mass is 127. The van der Waals surface area contributed by atoms with E-state index in [1.54, 1.807) is 0 Å². The number of halogens is 1. The number of rotatable bonds is 2. The monoisotopic (exact) mass is 402 g/mol. The molecule has 0 bridgehead atoms. The van der Waals surface area contributed by atoms with Gasteiger partial charge in [0.15, 0.2) is 18.0 Å². The number of aryl methyl sites for hydroxylation is 1. The molecule has 0 fully saturated rings. The smallest absolute Gasteiger partial charge is 0.262 e. The zero-order chi connectivity index (χ0) is 14.2. The molecule has 0 atom stereocenters. The molecule has 22 heavy (non-hydrogen) atoms. The van der Waals surface area contributed by atoms with E-state index in [0.29, 0.717) is 6.54 Å². The van der Waals surface area contributed by atoms with Crippen LogP contribution in [0.1, 0.15) is 11.5 Å². The first kappa shape index (κ1) is 15.0. The number of hydrogen-bond acceptors (Lipinski definition) is 2. The predicted octanol–water partition coefficient (Wildman–Crippen LogP) is 0.629. The number of hydrogen-bond donors (Lipinski definition) is 0. The number of oxazole rings is 1. The highest BCUT2D eigenvalue weighted by Gasteiger charge is 2.11. The van der Waals surface area contributed by atoms with Gasteiger partial charge in [-0.25, -0.2) is 4.98 Å². The summed E-state index contributed by atoms with van der Waals surface area (Å²) in [6.07, 6.45) is 4.19. The first-order valence-electron chi connectivity index (χ1n) is 7.02. The molecule has 0 N–H and O–H groups in total. The van der Waals surface area contributed by atoms with Gasteiger partial charge in [0.2, 0.25) is 6.54 Å². The molecule has 0 unspecified atom stereocenters. The Labute approximate surface area is 145 Å². The van der Waals surface area contributed by atoms with E-state index in [0.717, 1.165) is 17.0 Å². The second kappa shape index (κ2) is 6.04. The average Bonchev–Trinajstić information content (AvgIpc) is 2.89. The summed E-state index contributed by atoms with van der Waals surface area (Å²) in [5.41, 5.74) is 3.02. The van der Waals surface area contributed by atoms with Crippen LogP contribution in [0.2, 0.25) is 0 Å². The minimum atomic E-state index is 0. The fourth-order valence-electron chi connectivity index (χ4n) is 2.60. The molecule has 0 aliphatic carbocycles. The molecule has 4 aromatic rings. The third kappa shape index (κ3) is 2.83. The molecule has 0 spiro atoms. The van der Waals surface area contributed by atoms with Crippen LogP contribution in [-0.2, 0) is 6.54 Å². The molecule has 0 saturated carbocycles. The summed E-state index contributed by atoms with van der Waals surface area (Å²) < 4.78 is 7.87. The number of nitrogens with zero attached hydrogens (tertiary/aromatic N) is 2. The lowest BCUT2D eigenvalue weighted by molar-refractivity contribution is -0.689. The Balaban J connectivity index is 0.00000144. The molecule has 2 heterocycles. The predicted molar refractivity (Wildman–Crippen MR) is 82.0 cm³/mol. The van der Waals surface area contributed by atoms with Crippen LogP contribution >= 0.6 is 0 Å². The lowest BCUT2D eigenvalue weighted by Gasteiger charge is -1.99. The van der Waals surface area contributed by atoms with Crippen LogP contribution in [0.3, 0.4) is 0 Å². The molecule has 0 amide bonds. The largest absolute Gasteiger partial charge is 1.00 e. The SMILES string of the molecule is Cc1ccc2c[n+](Cc3nc4ccccc4o3)ccc2c1.[I-]. The second-order valence-corrected chi connectivity index (χ2v) is 5.32. The highest BCUT2D eigenvalue weighted by molar-refractivity contribution is 5.81. The van der Waals surface area contributed by atoms with Crippen LogP contribution in [0.4, 0.5) is 0 Å². The quantitative estimate of drug-likeness (QED) is 0.364. The summed E-state index contributed by atoms with van der Waals surface area (Å²) in [7, 11) is 0. The van der Waals surface area contributed by atoms with Gasteiger partial charge in [-0.2, -0.15) is 4.57 Å². The van der Waals surface area contributed by atoms with Crippen LogP contribution in [0, 0.1) is 6.92 Å². The van der Waals surface area contributed by atoms with Gasteiger partial charge in [0.05, 0.1) is 0 Å². The van der Waals surface area contributed by atoms with Crippen molar-refractivity contribution < 1.29 is 33.0 Å². The Kier molecular flexibility index (Phi) is 4.11. The molecule has 2 aromatic carbocycles. The molecule has 110 valence electrons. The van der Waals surface area contributed by atoms with E-state index in [2.05, 4.69) is 53.1 Å². The van der Waals surface area contributed by atoms with Crippen LogP contribution in [0.5, 0.6) is 0 Å². The maximum atomic E-state index is 5.77. The topological polar surface area (TPSA) is 29.9 Å². The molecule has 0 radical (unpaired) electrons. The van der Waals surface area contributed by atoms with Crippen molar-refractivity contribution >= 4 is 21.9 Å². The van der Waals surface area contributed by atoms with Crippen molar-refractivity contribution in [1.29, 1.82) is 0 Å². The third-order valence-electron chi connectivity index (χ3n) is 3.65. The molecule has 3 nitrogen and oxygen atoms in total. The van der Waals surface area contributed by atoms with E-state index in [4.69, 9.17) is 4.42 Å². The van der Waals surface area contributed by atoms with Gasteiger partial charge in [0, 0.05) is 11.5 Å². The lowest BCUT2D eigenvalue weighted by Crippen LogP contribution is -3.00. The van der Waals surface area contributed by atoms with Crippen LogP contribution < -0.4 is 28.5 Å². The summed E-state index contributed by atoms with van der Waals surface area (Å²) >= 11 is 0. The summed E-state index contributed by atoms with van der Waals surface area (Å²) in [6, 6.07) is 16.4. The molecule has 0 saturated heterocycles. The van der Waals surface area contributed by atoms with E-state index in [9.17, 15) is 0 Å². The average molecular weight is 402 g/mol. The number of benzene rings is 2. The summed E-state index contributed by atoms with van der Waals surface area (Å²) in [6.45, 7) is 2.75. The maximum Gasteiger partial charge on any atom is 0.262 e. The summed E-state index contributed by atoms with van der Waals surface area (Å²) in [5, 5.41) is 2.48. The number of pyridine rings is 1. The minimum absolute atomic E-state index is 0. The van der Waals surface area contributed by atoms with Crippen LogP contribution in [-0.4, -0.2) is 4.98 Å². The Morgan fingerprint density at radius 3 is 2.77 bits per heavy atom. The Morgan fingerprint density at radius 2 is 1.91 bits per heavy atom. The zero-order valence-corrected chi connectivity index (χ0v) is 14.3. The van der Waals surface area contributed by atoms with Gasteiger partial charge in [-0.05, 0) is 30.5 Å². The lowest BCUT2D eigenvalue weighted by atomic mass is 10.1. The van der Waals surface area contributed by atoms with Crippen molar-refractivity contribution in [3.63, 3.8) is 0 Å². The van der Waals surface area contributed by atoms with E-state index >= 15 is 0 Å². The maximum absolute atomic E-state index is 5.77. The van der Waals surface area contributed by atoms with Crippen LogP contribution in [0.15, 0.2) is 65.3 Å². The Hall–Kier alpha value is -1.95. The van der Waals surface area contributed by atoms with Gasteiger partial charge in [0.25, 0.3) is 5.89 Å². The Bertz CT molecular complexity index is 913. The molecule has 4 rings (SSSR count). The normalized spacial score (nSPS) is 10.8. The van der Waals surface area contributed by atoms with Crippen molar-refractivity contribution in [2.45, 2.75) is 13.5 Å². The molecular weight excluding hydrogens is 387 g/mol. The van der Waals surface area contributed by atoms with Gasteiger partial charge in [-0.1, -0.05) is 29.8 Å². The number of para-hydroxylation sites is 2. The highest BCUT2D eigenvalue weighted by Crippen LogP contribution is 2.16. The van der Waals surface area contributed by atoms with Crippen LogP contribution in [0.25, 0.3) is 21.9 Å². The first-order valence-corrected chi connectivity index (χ1v) is 7.02. The third-order valence-corrected chi connectivity index (χ3v) is 3.65.